The van der Waals surface area contributed by atoms with Crippen molar-refractivity contribution in [2.45, 2.75) is 19.9 Å². The van der Waals surface area contributed by atoms with Gasteiger partial charge < -0.3 is 9.73 Å². The fourth-order valence-electron chi connectivity index (χ4n) is 1.62. The molecule has 0 fully saturated rings. The van der Waals surface area contributed by atoms with Gasteiger partial charge in [-0.15, -0.1) is 10.2 Å². The van der Waals surface area contributed by atoms with E-state index in [2.05, 4.69) is 28.5 Å². The maximum Gasteiger partial charge on any atom is 0.248 e. The van der Waals surface area contributed by atoms with Crippen molar-refractivity contribution in [3.05, 3.63) is 35.7 Å². The fraction of sp³-hybridized carbons (Fsp3) is 0.333. The Morgan fingerprint density at radius 1 is 1.25 bits per heavy atom. The van der Waals surface area contributed by atoms with Crippen LogP contribution in [0.1, 0.15) is 18.4 Å². The van der Waals surface area contributed by atoms with Crippen LogP contribution in [0.5, 0.6) is 0 Å². The van der Waals surface area contributed by atoms with E-state index < -0.39 is 0 Å². The van der Waals surface area contributed by atoms with Gasteiger partial charge in [-0.1, -0.05) is 25.1 Å². The summed E-state index contributed by atoms with van der Waals surface area (Å²) in [5.74, 6) is 1.21. The first-order valence-electron chi connectivity index (χ1n) is 5.40. The Morgan fingerprint density at radius 3 is 2.81 bits per heavy atom. The molecule has 1 heterocycles. The van der Waals surface area contributed by atoms with Crippen LogP contribution in [0, 0.1) is 0 Å². The molecule has 0 saturated heterocycles. The van der Waals surface area contributed by atoms with Crippen LogP contribution in [-0.2, 0) is 13.0 Å². The standard InChI is InChI=1S/C12H15N3O/c1-3-9-6-4-5-7-10(9)12-15-14-11(16-12)8-13-2/h4-7,13H,3,8H2,1-2H3. The Morgan fingerprint density at radius 2 is 2.06 bits per heavy atom. The number of hydrogen-bond donors (Lipinski definition) is 1. The van der Waals surface area contributed by atoms with Crippen LogP contribution in [0.25, 0.3) is 11.5 Å². The van der Waals surface area contributed by atoms with Crippen molar-refractivity contribution in [1.82, 2.24) is 15.5 Å². The van der Waals surface area contributed by atoms with Crippen LogP contribution in [0.3, 0.4) is 0 Å². The first-order chi connectivity index (χ1) is 7.85. The summed E-state index contributed by atoms with van der Waals surface area (Å²) in [5, 5.41) is 11.0. The van der Waals surface area contributed by atoms with Crippen LogP contribution >= 0.6 is 0 Å². The predicted octanol–water partition coefficient (Wildman–Crippen LogP) is 2.02. The molecule has 2 rings (SSSR count). The van der Waals surface area contributed by atoms with Gasteiger partial charge in [0.05, 0.1) is 6.54 Å². The van der Waals surface area contributed by atoms with Gasteiger partial charge in [0.1, 0.15) is 0 Å². The number of aromatic nitrogens is 2. The van der Waals surface area contributed by atoms with Crippen LogP contribution < -0.4 is 5.32 Å². The number of hydrogen-bond acceptors (Lipinski definition) is 4. The van der Waals surface area contributed by atoms with E-state index in [4.69, 9.17) is 4.42 Å². The zero-order valence-corrected chi connectivity index (χ0v) is 9.53. The molecule has 2 aromatic rings. The Balaban J connectivity index is 2.34. The van der Waals surface area contributed by atoms with Gasteiger partial charge in [-0.3, -0.25) is 0 Å². The molecule has 0 atom stereocenters. The third-order valence-electron chi connectivity index (χ3n) is 2.42. The highest BCUT2D eigenvalue weighted by Crippen LogP contribution is 2.22. The SMILES string of the molecule is CCc1ccccc1-c1nnc(CNC)o1. The normalized spacial score (nSPS) is 10.6. The minimum Gasteiger partial charge on any atom is -0.419 e. The molecule has 4 heteroatoms. The molecule has 0 radical (unpaired) electrons. The molecule has 0 aliphatic carbocycles. The molecule has 16 heavy (non-hydrogen) atoms. The zero-order valence-electron chi connectivity index (χ0n) is 9.53. The predicted molar refractivity (Wildman–Crippen MR) is 61.9 cm³/mol. The van der Waals surface area contributed by atoms with Gasteiger partial charge in [0.2, 0.25) is 11.8 Å². The summed E-state index contributed by atoms with van der Waals surface area (Å²) >= 11 is 0. The largest absolute Gasteiger partial charge is 0.419 e. The van der Waals surface area contributed by atoms with Gasteiger partial charge >= 0.3 is 0 Å². The van der Waals surface area contributed by atoms with Crippen LogP contribution in [-0.4, -0.2) is 17.2 Å². The molecule has 84 valence electrons. The van der Waals surface area contributed by atoms with Gasteiger partial charge in [0.15, 0.2) is 0 Å². The third-order valence-corrected chi connectivity index (χ3v) is 2.42. The number of nitrogens with zero attached hydrogens (tertiary/aromatic N) is 2. The van der Waals surface area contributed by atoms with Gasteiger partial charge in [-0.2, -0.15) is 0 Å². The van der Waals surface area contributed by atoms with Crippen molar-refractivity contribution in [2.24, 2.45) is 0 Å². The molecule has 4 nitrogen and oxygen atoms in total. The molecular weight excluding hydrogens is 202 g/mol. The number of nitrogens with one attached hydrogen (secondary N) is 1. The number of benzene rings is 1. The molecule has 0 spiro atoms. The second-order valence-electron chi connectivity index (χ2n) is 3.54. The van der Waals surface area contributed by atoms with E-state index in [0.29, 0.717) is 18.3 Å². The Kier molecular flexibility index (Phi) is 3.31. The maximum atomic E-state index is 5.57. The summed E-state index contributed by atoms with van der Waals surface area (Å²) in [6.07, 6.45) is 0.958. The minimum atomic E-state index is 0.599. The van der Waals surface area contributed by atoms with Crippen molar-refractivity contribution in [1.29, 1.82) is 0 Å². The molecule has 1 aromatic heterocycles. The minimum absolute atomic E-state index is 0.599. The highest BCUT2D eigenvalue weighted by Gasteiger charge is 2.10. The van der Waals surface area contributed by atoms with E-state index in [9.17, 15) is 0 Å². The van der Waals surface area contributed by atoms with Crippen molar-refractivity contribution in [3.8, 4) is 11.5 Å². The molecule has 1 N–H and O–H groups in total. The van der Waals surface area contributed by atoms with Crippen molar-refractivity contribution >= 4 is 0 Å². The summed E-state index contributed by atoms with van der Waals surface area (Å²) in [4.78, 5) is 0. The van der Waals surface area contributed by atoms with Crippen molar-refractivity contribution in [2.75, 3.05) is 7.05 Å². The van der Waals surface area contributed by atoms with E-state index in [0.717, 1.165) is 12.0 Å². The zero-order chi connectivity index (χ0) is 11.4. The molecule has 0 saturated carbocycles. The smallest absolute Gasteiger partial charge is 0.248 e. The van der Waals surface area contributed by atoms with Crippen LogP contribution in [0.4, 0.5) is 0 Å². The molecule has 0 aliphatic rings. The highest BCUT2D eigenvalue weighted by molar-refractivity contribution is 5.58. The van der Waals surface area contributed by atoms with Crippen LogP contribution in [0.15, 0.2) is 28.7 Å². The van der Waals surface area contributed by atoms with E-state index in [1.54, 1.807) is 0 Å². The van der Waals surface area contributed by atoms with Gasteiger partial charge in [-0.05, 0) is 25.1 Å². The Labute approximate surface area is 94.7 Å². The lowest BCUT2D eigenvalue weighted by atomic mass is 10.1. The summed E-state index contributed by atoms with van der Waals surface area (Å²) < 4.78 is 5.57. The Hall–Kier alpha value is -1.68. The number of rotatable bonds is 4. The van der Waals surface area contributed by atoms with Crippen molar-refractivity contribution in [3.63, 3.8) is 0 Å². The molecule has 0 amide bonds. The summed E-state index contributed by atoms with van der Waals surface area (Å²) in [6, 6.07) is 8.09. The first kappa shape index (κ1) is 10.8. The summed E-state index contributed by atoms with van der Waals surface area (Å²) in [5.41, 5.74) is 2.25. The lowest BCUT2D eigenvalue weighted by Crippen LogP contribution is -2.04. The molecule has 1 aromatic carbocycles. The number of aryl methyl sites for hydroxylation is 1. The van der Waals surface area contributed by atoms with E-state index in [1.165, 1.54) is 5.56 Å². The van der Waals surface area contributed by atoms with E-state index in [1.807, 2.05) is 25.2 Å². The molecular formula is C12H15N3O. The topological polar surface area (TPSA) is 51.0 Å². The second-order valence-corrected chi connectivity index (χ2v) is 3.54. The highest BCUT2D eigenvalue weighted by atomic mass is 16.4. The quantitative estimate of drug-likeness (QED) is 0.851. The molecule has 0 bridgehead atoms. The van der Waals surface area contributed by atoms with E-state index in [-0.39, 0.29) is 0 Å². The monoisotopic (exact) mass is 217 g/mol. The molecule has 0 aliphatic heterocycles. The van der Waals surface area contributed by atoms with E-state index >= 15 is 0 Å². The maximum absolute atomic E-state index is 5.57. The first-order valence-corrected chi connectivity index (χ1v) is 5.40. The summed E-state index contributed by atoms with van der Waals surface area (Å²) in [7, 11) is 1.85. The van der Waals surface area contributed by atoms with Gasteiger partial charge in [-0.25, -0.2) is 0 Å². The lowest BCUT2D eigenvalue weighted by molar-refractivity contribution is 0.490. The lowest BCUT2D eigenvalue weighted by Gasteiger charge is -2.01. The van der Waals surface area contributed by atoms with Crippen molar-refractivity contribution < 1.29 is 4.42 Å². The average Bonchev–Trinajstić information content (AvgIpc) is 2.78. The Bertz CT molecular complexity index is 465. The fourth-order valence-corrected chi connectivity index (χ4v) is 1.62. The summed E-state index contributed by atoms with van der Waals surface area (Å²) in [6.45, 7) is 2.71. The molecule has 0 unspecified atom stereocenters. The van der Waals surface area contributed by atoms with Gasteiger partial charge in [0, 0.05) is 5.56 Å². The average molecular weight is 217 g/mol. The van der Waals surface area contributed by atoms with Gasteiger partial charge in [0.25, 0.3) is 0 Å². The van der Waals surface area contributed by atoms with Crippen LogP contribution in [0.2, 0.25) is 0 Å². The third kappa shape index (κ3) is 2.12. The second kappa shape index (κ2) is 4.90.